The summed E-state index contributed by atoms with van der Waals surface area (Å²) in [6.45, 7) is 6.22. The Balaban J connectivity index is 1.67. The number of carbonyl (C=O) groups is 2. The summed E-state index contributed by atoms with van der Waals surface area (Å²) < 4.78 is 11.0. The molecule has 0 amide bonds. The predicted octanol–water partition coefficient (Wildman–Crippen LogP) is 5.88. The van der Waals surface area contributed by atoms with E-state index >= 15 is 0 Å². The summed E-state index contributed by atoms with van der Waals surface area (Å²) >= 11 is 0. The van der Waals surface area contributed by atoms with Crippen molar-refractivity contribution in [1.82, 2.24) is 19.9 Å². The number of nitrogen functional groups attached to an aromatic ring is 1. The number of nitrogens with one attached hydrogen (secondary N) is 2. The molecule has 0 saturated heterocycles. The molecular weight excluding hydrogens is 560 g/mol. The summed E-state index contributed by atoms with van der Waals surface area (Å²) in [6.07, 6.45) is 21.5. The Labute approximate surface area is 262 Å². The van der Waals surface area contributed by atoms with Crippen LogP contribution in [-0.4, -0.2) is 51.1 Å². The summed E-state index contributed by atoms with van der Waals surface area (Å²) in [5, 5.41) is 0. The van der Waals surface area contributed by atoms with Crippen LogP contribution in [0, 0.1) is 11.8 Å². The molecule has 6 N–H and O–H groups in total. The number of imidazole rings is 1. The fourth-order valence-corrected chi connectivity index (χ4v) is 4.91. The minimum absolute atomic E-state index is 0.0214. The number of hydrogen-bond acceptors (Lipinski definition) is 9. The van der Waals surface area contributed by atoms with Crippen molar-refractivity contribution >= 4 is 29.1 Å². The number of rotatable bonds is 24. The molecule has 0 aliphatic carbocycles. The molecular formula is C33H56N6O5. The lowest BCUT2D eigenvalue weighted by Gasteiger charge is -2.19. The predicted molar refractivity (Wildman–Crippen MR) is 175 cm³/mol. The molecule has 248 valence electrons. The molecule has 0 aliphatic heterocycles. The Morgan fingerprint density at radius 1 is 0.886 bits per heavy atom. The quantitative estimate of drug-likeness (QED) is 0.0636. The van der Waals surface area contributed by atoms with Crippen LogP contribution in [-0.2, 0) is 25.5 Å². The molecule has 0 radical (unpaired) electrons. The van der Waals surface area contributed by atoms with E-state index in [0.717, 1.165) is 25.7 Å². The highest BCUT2D eigenvalue weighted by molar-refractivity contribution is 5.75. The monoisotopic (exact) mass is 616 g/mol. The molecule has 11 heteroatoms. The van der Waals surface area contributed by atoms with Crippen LogP contribution < -0.4 is 17.0 Å². The van der Waals surface area contributed by atoms with Gasteiger partial charge in [0.2, 0.25) is 5.95 Å². The summed E-state index contributed by atoms with van der Waals surface area (Å²) in [5.74, 6) is -0.513. The van der Waals surface area contributed by atoms with Gasteiger partial charge in [0, 0.05) is 18.8 Å². The van der Waals surface area contributed by atoms with Crippen LogP contribution in [0.15, 0.2) is 16.9 Å². The van der Waals surface area contributed by atoms with E-state index in [-0.39, 0.29) is 48.1 Å². The molecule has 2 atom stereocenters. The van der Waals surface area contributed by atoms with E-state index < -0.39 is 17.6 Å². The van der Waals surface area contributed by atoms with Gasteiger partial charge in [0.05, 0.1) is 13.2 Å². The van der Waals surface area contributed by atoms with Crippen LogP contribution in [0.25, 0.3) is 11.2 Å². The molecule has 1 unspecified atom stereocenters. The number of ether oxygens (including phenoxy) is 2. The fourth-order valence-electron chi connectivity index (χ4n) is 4.91. The normalized spacial score (nSPS) is 13.1. The number of esters is 2. The first-order valence-electron chi connectivity index (χ1n) is 16.7. The van der Waals surface area contributed by atoms with Crippen LogP contribution in [0.1, 0.15) is 123 Å². The number of anilines is 1. The standard InChI is InChI=1S/C33H56N6O5/c1-4-5-6-7-8-9-10-11-12-13-14-15-16-17-18-19-27(40)43-21-20-25(23-44-32(42)28(34)24(2)3)22-26-36-29-30(37-26)38-33(35)39-31(29)41/h11-12,24-25,28H,4-10,13-23,34H2,1-3H3,(H4,35,36,37,38,39,41)/t25?,28-/m0/s1. The molecule has 44 heavy (non-hydrogen) atoms. The molecule has 2 aromatic rings. The van der Waals surface area contributed by atoms with E-state index in [2.05, 4.69) is 39.0 Å². The summed E-state index contributed by atoms with van der Waals surface area (Å²) in [6, 6.07) is -0.725. The second-order valence-electron chi connectivity index (χ2n) is 12.1. The van der Waals surface area contributed by atoms with Crippen molar-refractivity contribution in [2.75, 3.05) is 18.9 Å². The van der Waals surface area contributed by atoms with E-state index in [4.69, 9.17) is 20.9 Å². The summed E-state index contributed by atoms with van der Waals surface area (Å²) in [7, 11) is 0. The Bertz CT molecular complexity index is 1190. The lowest BCUT2D eigenvalue weighted by atomic mass is 10.0. The van der Waals surface area contributed by atoms with Crippen molar-refractivity contribution in [1.29, 1.82) is 0 Å². The zero-order valence-corrected chi connectivity index (χ0v) is 27.2. The maximum absolute atomic E-state index is 12.3. The molecule has 0 aromatic carbocycles. The summed E-state index contributed by atoms with van der Waals surface area (Å²) in [4.78, 5) is 50.6. The van der Waals surface area contributed by atoms with Gasteiger partial charge < -0.3 is 25.9 Å². The Hall–Kier alpha value is -3.21. The minimum Gasteiger partial charge on any atom is -0.466 e. The second kappa shape index (κ2) is 21.5. The third-order valence-electron chi connectivity index (χ3n) is 7.79. The van der Waals surface area contributed by atoms with Crippen molar-refractivity contribution in [3.05, 3.63) is 28.3 Å². The highest BCUT2D eigenvalue weighted by Gasteiger charge is 2.22. The number of hydrogen-bond donors (Lipinski definition) is 4. The van der Waals surface area contributed by atoms with Crippen molar-refractivity contribution in [3.63, 3.8) is 0 Å². The van der Waals surface area contributed by atoms with Crippen LogP contribution >= 0.6 is 0 Å². The van der Waals surface area contributed by atoms with Gasteiger partial charge in [-0.2, -0.15) is 4.98 Å². The number of aromatic nitrogens is 4. The third-order valence-corrected chi connectivity index (χ3v) is 7.79. The molecule has 2 rings (SSSR count). The number of carbonyl (C=O) groups excluding carboxylic acids is 2. The molecule has 0 bridgehead atoms. The maximum atomic E-state index is 12.3. The van der Waals surface area contributed by atoms with Gasteiger partial charge in [0.25, 0.3) is 5.56 Å². The Morgan fingerprint density at radius 3 is 2.18 bits per heavy atom. The molecule has 0 spiro atoms. The lowest BCUT2D eigenvalue weighted by Crippen LogP contribution is -2.38. The van der Waals surface area contributed by atoms with Gasteiger partial charge in [-0.15, -0.1) is 0 Å². The SMILES string of the molecule is CCCCCCCCC=CCCCCCCCC(=O)OCCC(COC(=O)[C@@H](N)C(C)C)Cc1nc2nc(N)[nH]c(=O)c2[nH]1. The van der Waals surface area contributed by atoms with Gasteiger partial charge >= 0.3 is 11.9 Å². The molecule has 2 heterocycles. The Kier molecular flexibility index (Phi) is 18.1. The van der Waals surface area contributed by atoms with E-state index in [9.17, 15) is 14.4 Å². The first-order valence-corrected chi connectivity index (χ1v) is 16.7. The van der Waals surface area contributed by atoms with Crippen molar-refractivity contribution in [3.8, 4) is 0 Å². The molecule has 11 nitrogen and oxygen atoms in total. The first-order chi connectivity index (χ1) is 21.2. The van der Waals surface area contributed by atoms with Crippen molar-refractivity contribution in [2.24, 2.45) is 17.6 Å². The van der Waals surface area contributed by atoms with Crippen LogP contribution in [0.5, 0.6) is 0 Å². The van der Waals surface area contributed by atoms with E-state index in [1.165, 1.54) is 57.8 Å². The minimum atomic E-state index is -0.725. The van der Waals surface area contributed by atoms with Gasteiger partial charge in [-0.1, -0.05) is 84.3 Å². The summed E-state index contributed by atoms with van der Waals surface area (Å²) in [5.41, 5.74) is 11.6. The van der Waals surface area contributed by atoms with E-state index in [1.807, 2.05) is 13.8 Å². The highest BCUT2D eigenvalue weighted by Crippen LogP contribution is 2.16. The van der Waals surface area contributed by atoms with Gasteiger partial charge in [-0.25, -0.2) is 4.98 Å². The maximum Gasteiger partial charge on any atom is 0.323 e. The van der Waals surface area contributed by atoms with Gasteiger partial charge in [-0.05, 0) is 44.4 Å². The number of nitrogens with two attached hydrogens (primary N) is 2. The van der Waals surface area contributed by atoms with Gasteiger partial charge in [0.1, 0.15) is 11.9 Å². The highest BCUT2D eigenvalue weighted by atomic mass is 16.5. The fraction of sp³-hybridized carbons (Fsp3) is 0.727. The van der Waals surface area contributed by atoms with E-state index in [1.54, 1.807) is 0 Å². The smallest absolute Gasteiger partial charge is 0.323 e. The van der Waals surface area contributed by atoms with E-state index in [0.29, 0.717) is 25.1 Å². The Morgan fingerprint density at radius 2 is 1.52 bits per heavy atom. The second-order valence-corrected chi connectivity index (χ2v) is 12.1. The average molecular weight is 617 g/mol. The van der Waals surface area contributed by atoms with Gasteiger partial charge in [-0.3, -0.25) is 19.4 Å². The van der Waals surface area contributed by atoms with Crippen molar-refractivity contribution in [2.45, 2.75) is 130 Å². The topological polar surface area (TPSA) is 179 Å². The van der Waals surface area contributed by atoms with Crippen LogP contribution in [0.4, 0.5) is 5.95 Å². The zero-order chi connectivity index (χ0) is 32.2. The number of unbranched alkanes of at least 4 members (excludes halogenated alkanes) is 11. The van der Waals surface area contributed by atoms with Crippen molar-refractivity contribution < 1.29 is 19.1 Å². The molecule has 0 saturated carbocycles. The third kappa shape index (κ3) is 15.0. The average Bonchev–Trinajstić information content (AvgIpc) is 3.39. The zero-order valence-electron chi connectivity index (χ0n) is 27.2. The lowest BCUT2D eigenvalue weighted by molar-refractivity contribution is -0.149. The number of allylic oxidation sites excluding steroid dienone is 2. The number of fused-ring (bicyclic) bond motifs is 1. The first kappa shape index (κ1) is 37.0. The molecule has 0 aliphatic rings. The number of nitrogens with zero attached hydrogens (tertiary/aromatic N) is 2. The largest absolute Gasteiger partial charge is 0.466 e. The van der Waals surface area contributed by atoms with Crippen LogP contribution in [0.3, 0.4) is 0 Å². The molecule has 0 fully saturated rings. The van der Waals surface area contributed by atoms with Gasteiger partial charge in [0.15, 0.2) is 11.2 Å². The number of H-pyrrole nitrogens is 2. The van der Waals surface area contributed by atoms with Crippen LogP contribution in [0.2, 0.25) is 0 Å². The number of aromatic amines is 2. The molecule has 2 aromatic heterocycles.